The number of nitrogens with zero attached hydrogens (tertiary/aromatic N) is 2. The van der Waals surface area contributed by atoms with Crippen molar-refractivity contribution in [2.75, 3.05) is 0 Å². The van der Waals surface area contributed by atoms with Crippen LogP contribution >= 0.6 is 0 Å². The molecule has 1 N–H and O–H groups in total. The van der Waals surface area contributed by atoms with Gasteiger partial charge in [-0.05, 0) is 24.7 Å². The lowest BCUT2D eigenvalue weighted by Gasteiger charge is -2.32. The van der Waals surface area contributed by atoms with Gasteiger partial charge in [0.15, 0.2) is 5.65 Å². The number of hydrogen-bond acceptors (Lipinski definition) is 2. The van der Waals surface area contributed by atoms with Gasteiger partial charge in [-0.25, -0.2) is 9.50 Å². The second-order valence-electron chi connectivity index (χ2n) is 5.68. The molecule has 3 unspecified atom stereocenters. The fraction of sp³-hybridized carbons (Fsp3) is 0.571. The maximum absolute atomic E-state index is 12.0. The van der Waals surface area contributed by atoms with Gasteiger partial charge in [0.2, 0.25) is 0 Å². The fourth-order valence-corrected chi connectivity index (χ4v) is 3.08. The van der Waals surface area contributed by atoms with Crippen molar-refractivity contribution in [2.24, 2.45) is 11.8 Å². The first-order valence-corrected chi connectivity index (χ1v) is 6.72. The van der Waals surface area contributed by atoms with E-state index >= 15 is 0 Å². The van der Waals surface area contributed by atoms with Crippen molar-refractivity contribution in [3.05, 3.63) is 34.4 Å². The Morgan fingerprint density at radius 1 is 1.39 bits per heavy atom. The molecule has 2 aromatic heterocycles. The van der Waals surface area contributed by atoms with E-state index in [1.807, 2.05) is 6.07 Å². The van der Waals surface area contributed by atoms with Crippen LogP contribution in [-0.4, -0.2) is 14.6 Å². The molecule has 0 radical (unpaired) electrons. The molecule has 1 saturated carbocycles. The van der Waals surface area contributed by atoms with E-state index in [0.717, 1.165) is 23.7 Å². The van der Waals surface area contributed by atoms with E-state index in [1.165, 1.54) is 17.4 Å². The number of aromatic amines is 1. The molecule has 1 fully saturated rings. The summed E-state index contributed by atoms with van der Waals surface area (Å²) in [5, 5.41) is 2.88. The predicted molar refractivity (Wildman–Crippen MR) is 70.7 cm³/mol. The number of hydrogen-bond donors (Lipinski definition) is 1. The van der Waals surface area contributed by atoms with Gasteiger partial charge in [0, 0.05) is 24.2 Å². The van der Waals surface area contributed by atoms with Crippen LogP contribution in [0, 0.1) is 11.8 Å². The molecule has 0 spiro atoms. The van der Waals surface area contributed by atoms with Crippen LogP contribution < -0.4 is 5.56 Å². The topological polar surface area (TPSA) is 50.2 Å². The molecule has 0 aliphatic heterocycles. The molecule has 2 aromatic rings. The van der Waals surface area contributed by atoms with Gasteiger partial charge in [-0.3, -0.25) is 9.89 Å². The summed E-state index contributed by atoms with van der Waals surface area (Å²) in [6.07, 6.45) is 5.43. The highest BCUT2D eigenvalue weighted by Crippen LogP contribution is 2.39. The minimum Gasteiger partial charge on any atom is -0.297 e. The number of rotatable bonds is 1. The average Bonchev–Trinajstić information content (AvgIpc) is 2.81. The molecule has 18 heavy (non-hydrogen) atoms. The highest BCUT2D eigenvalue weighted by molar-refractivity contribution is 5.37. The van der Waals surface area contributed by atoms with Crippen molar-refractivity contribution >= 4 is 5.65 Å². The molecule has 1 aliphatic rings. The first-order chi connectivity index (χ1) is 8.65. The van der Waals surface area contributed by atoms with Gasteiger partial charge in [0.1, 0.15) is 0 Å². The highest BCUT2D eigenvalue weighted by atomic mass is 16.1. The molecule has 0 bridgehead atoms. The van der Waals surface area contributed by atoms with Crippen molar-refractivity contribution in [1.29, 1.82) is 0 Å². The lowest BCUT2D eigenvalue weighted by Crippen LogP contribution is -2.24. The van der Waals surface area contributed by atoms with Gasteiger partial charge < -0.3 is 0 Å². The lowest BCUT2D eigenvalue weighted by molar-refractivity contribution is 0.261. The molecule has 4 nitrogen and oxygen atoms in total. The van der Waals surface area contributed by atoms with Crippen LogP contribution in [0.4, 0.5) is 0 Å². The summed E-state index contributed by atoms with van der Waals surface area (Å²) in [6.45, 7) is 4.57. The Kier molecular flexibility index (Phi) is 2.73. The average molecular weight is 245 g/mol. The number of H-pyrrole nitrogens is 1. The third-order valence-electron chi connectivity index (χ3n) is 4.24. The Hall–Kier alpha value is -1.58. The monoisotopic (exact) mass is 245 g/mol. The third kappa shape index (κ3) is 1.85. The second-order valence-corrected chi connectivity index (χ2v) is 5.68. The number of nitrogens with one attached hydrogen (secondary N) is 1. The van der Waals surface area contributed by atoms with Crippen molar-refractivity contribution in [3.8, 4) is 0 Å². The van der Waals surface area contributed by atoms with Crippen LogP contribution in [0.3, 0.4) is 0 Å². The Morgan fingerprint density at radius 3 is 3.06 bits per heavy atom. The van der Waals surface area contributed by atoms with Crippen LogP contribution in [0.5, 0.6) is 0 Å². The Morgan fingerprint density at radius 2 is 2.22 bits per heavy atom. The quantitative estimate of drug-likeness (QED) is 0.839. The van der Waals surface area contributed by atoms with Gasteiger partial charge in [-0.15, -0.1) is 0 Å². The van der Waals surface area contributed by atoms with E-state index in [2.05, 4.69) is 23.9 Å². The fourth-order valence-electron chi connectivity index (χ4n) is 3.08. The van der Waals surface area contributed by atoms with Gasteiger partial charge in [0.05, 0.1) is 5.69 Å². The predicted octanol–water partition coefficient (Wildman–Crippen LogP) is 2.56. The highest BCUT2D eigenvalue weighted by Gasteiger charge is 2.28. The van der Waals surface area contributed by atoms with Crippen LogP contribution in [0.2, 0.25) is 0 Å². The third-order valence-corrected chi connectivity index (χ3v) is 4.24. The van der Waals surface area contributed by atoms with Crippen LogP contribution in [0.15, 0.2) is 23.1 Å². The normalized spacial score (nSPS) is 28.7. The van der Waals surface area contributed by atoms with Crippen molar-refractivity contribution in [3.63, 3.8) is 0 Å². The van der Waals surface area contributed by atoms with Crippen molar-refractivity contribution in [2.45, 2.75) is 39.0 Å². The maximum atomic E-state index is 12.0. The summed E-state index contributed by atoms with van der Waals surface area (Å²) in [4.78, 5) is 16.6. The zero-order chi connectivity index (χ0) is 12.7. The Bertz CT molecular complexity index is 613. The summed E-state index contributed by atoms with van der Waals surface area (Å²) in [7, 11) is 0. The zero-order valence-electron chi connectivity index (χ0n) is 10.9. The Balaban J connectivity index is 2.05. The molecule has 0 saturated heterocycles. The van der Waals surface area contributed by atoms with Gasteiger partial charge >= 0.3 is 0 Å². The molecule has 3 rings (SSSR count). The van der Waals surface area contributed by atoms with E-state index in [9.17, 15) is 4.79 Å². The first kappa shape index (κ1) is 11.5. The summed E-state index contributed by atoms with van der Waals surface area (Å²) in [5.74, 6) is 1.79. The molecular formula is C14H19N3O. The zero-order valence-corrected chi connectivity index (χ0v) is 10.9. The van der Waals surface area contributed by atoms with E-state index in [-0.39, 0.29) is 5.56 Å². The largest absolute Gasteiger partial charge is 0.297 e. The van der Waals surface area contributed by atoms with E-state index in [1.54, 1.807) is 12.3 Å². The van der Waals surface area contributed by atoms with Crippen molar-refractivity contribution < 1.29 is 0 Å². The minimum atomic E-state index is -0.00886. The van der Waals surface area contributed by atoms with E-state index < -0.39 is 0 Å². The van der Waals surface area contributed by atoms with E-state index in [4.69, 9.17) is 0 Å². The molecule has 96 valence electrons. The molecule has 1 aliphatic carbocycles. The van der Waals surface area contributed by atoms with Crippen LogP contribution in [-0.2, 0) is 0 Å². The van der Waals surface area contributed by atoms with Gasteiger partial charge in [0.25, 0.3) is 5.56 Å². The smallest absolute Gasteiger partial charge is 0.272 e. The van der Waals surface area contributed by atoms with Crippen LogP contribution in [0.1, 0.15) is 44.7 Å². The number of fused-ring (bicyclic) bond motifs is 1. The van der Waals surface area contributed by atoms with Gasteiger partial charge in [-0.2, -0.15) is 0 Å². The summed E-state index contributed by atoms with van der Waals surface area (Å²) >= 11 is 0. The second kappa shape index (κ2) is 4.26. The van der Waals surface area contributed by atoms with Gasteiger partial charge in [-0.1, -0.05) is 20.3 Å². The molecule has 2 heterocycles. The lowest BCUT2D eigenvalue weighted by atomic mass is 9.74. The Labute approximate surface area is 106 Å². The number of aromatic nitrogens is 3. The minimum absolute atomic E-state index is 0.00886. The molecule has 0 amide bonds. The summed E-state index contributed by atoms with van der Waals surface area (Å²) < 4.78 is 1.49. The van der Waals surface area contributed by atoms with Crippen LogP contribution in [0.25, 0.3) is 5.65 Å². The maximum Gasteiger partial charge on any atom is 0.272 e. The van der Waals surface area contributed by atoms with Crippen molar-refractivity contribution in [1.82, 2.24) is 14.6 Å². The molecule has 4 heteroatoms. The standard InChI is InChI=1S/C14H19N3O/c1-9-3-4-10(2)11(7-9)12-8-14(18)17-13(16-12)5-6-15-17/h5-6,8-11,15H,3-4,7H2,1-2H3. The summed E-state index contributed by atoms with van der Waals surface area (Å²) in [6, 6.07) is 3.55. The first-order valence-electron chi connectivity index (χ1n) is 6.72. The molecule has 3 atom stereocenters. The summed E-state index contributed by atoms with van der Waals surface area (Å²) in [5.41, 5.74) is 1.69. The molecule has 0 aromatic carbocycles. The SMILES string of the molecule is CC1CCC(C)C(c2cc(=O)n3[nH]ccc3n2)C1. The molecular weight excluding hydrogens is 226 g/mol. The van der Waals surface area contributed by atoms with E-state index in [0.29, 0.717) is 11.8 Å².